The zero-order valence-corrected chi connectivity index (χ0v) is 27.2. The van der Waals surface area contributed by atoms with Gasteiger partial charge in [-0.25, -0.2) is 4.79 Å². The molecule has 6 rings (SSSR count). The lowest BCUT2D eigenvalue weighted by atomic mass is 9.91. The Morgan fingerprint density at radius 1 is 0.812 bits per heavy atom. The Labute approximate surface area is 283 Å². The first-order valence-corrected chi connectivity index (χ1v) is 16.7. The summed E-state index contributed by atoms with van der Waals surface area (Å²) >= 11 is 1.62. The summed E-state index contributed by atoms with van der Waals surface area (Å²) in [5.41, 5.74) is 6.54. The number of nitrogens with one attached hydrogen (secondary N) is 1. The van der Waals surface area contributed by atoms with E-state index in [0.717, 1.165) is 38.3 Å². The van der Waals surface area contributed by atoms with E-state index in [2.05, 4.69) is 23.3 Å². The number of aliphatic hydroxyl groups is 1. The van der Waals surface area contributed by atoms with Crippen LogP contribution >= 0.6 is 11.8 Å². The molecule has 48 heavy (non-hydrogen) atoms. The van der Waals surface area contributed by atoms with Crippen molar-refractivity contribution in [1.82, 2.24) is 10.3 Å². The molecule has 0 bridgehead atoms. The lowest BCUT2D eigenvalue weighted by molar-refractivity contribution is -0.268. The van der Waals surface area contributed by atoms with Gasteiger partial charge in [-0.3, -0.25) is 9.78 Å². The van der Waals surface area contributed by atoms with E-state index in [1.165, 1.54) is 0 Å². The third-order valence-corrected chi connectivity index (χ3v) is 9.56. The van der Waals surface area contributed by atoms with Crippen LogP contribution in [0.25, 0.3) is 11.1 Å². The number of aromatic carboxylic acids is 1. The second-order valence-electron chi connectivity index (χ2n) is 11.7. The maximum Gasteiger partial charge on any atom is 0.335 e. The molecule has 2 heterocycles. The Balaban J connectivity index is 1.18. The summed E-state index contributed by atoms with van der Waals surface area (Å²) in [4.78, 5) is 28.7. The van der Waals surface area contributed by atoms with Gasteiger partial charge in [-0.1, -0.05) is 73.7 Å². The topological polar surface area (TPSA) is 118 Å². The van der Waals surface area contributed by atoms with Gasteiger partial charge in [-0.05, 0) is 70.3 Å². The first kappa shape index (κ1) is 33.1. The zero-order valence-electron chi connectivity index (χ0n) is 26.4. The molecule has 244 valence electrons. The third-order valence-electron chi connectivity index (χ3n) is 8.46. The number of carboxylic acids is 1. The summed E-state index contributed by atoms with van der Waals surface area (Å²) in [6, 6.07) is 34.4. The van der Waals surface area contributed by atoms with Crippen molar-refractivity contribution in [2.75, 3.05) is 5.75 Å². The highest BCUT2D eigenvalue weighted by atomic mass is 32.2. The number of carboxylic acid groups (broad SMARTS) is 1. The van der Waals surface area contributed by atoms with Crippen LogP contribution in [-0.2, 0) is 22.6 Å². The monoisotopic (exact) mass is 660 g/mol. The lowest BCUT2D eigenvalue weighted by Gasteiger charge is -2.41. The Hall–Kier alpha value is -4.80. The number of amides is 1. The van der Waals surface area contributed by atoms with E-state index in [0.29, 0.717) is 17.9 Å². The summed E-state index contributed by atoms with van der Waals surface area (Å²) < 4.78 is 13.2. The molecule has 4 aromatic carbocycles. The van der Waals surface area contributed by atoms with Gasteiger partial charge in [0.05, 0.1) is 29.9 Å². The van der Waals surface area contributed by atoms with Crippen LogP contribution in [0.15, 0.2) is 126 Å². The quantitative estimate of drug-likeness (QED) is 0.125. The smallest absolute Gasteiger partial charge is 0.335 e. The van der Waals surface area contributed by atoms with E-state index < -0.39 is 12.3 Å². The number of rotatable bonds is 11. The summed E-state index contributed by atoms with van der Waals surface area (Å²) in [6.07, 6.45) is 2.18. The average Bonchev–Trinajstić information content (AvgIpc) is 3.14. The van der Waals surface area contributed by atoms with Gasteiger partial charge < -0.3 is 25.0 Å². The second-order valence-corrected chi connectivity index (χ2v) is 12.8. The first-order chi connectivity index (χ1) is 23.4. The highest BCUT2D eigenvalue weighted by Crippen LogP contribution is 2.43. The molecule has 0 saturated carbocycles. The fraction of sp³-hybridized carbons (Fsp3) is 0.205. The molecule has 1 aromatic heterocycles. The summed E-state index contributed by atoms with van der Waals surface area (Å²) in [7, 11) is 0. The lowest BCUT2D eigenvalue weighted by Crippen LogP contribution is -2.38. The van der Waals surface area contributed by atoms with Gasteiger partial charge in [0.2, 0.25) is 0 Å². The molecule has 3 N–H and O–H groups in total. The highest BCUT2D eigenvalue weighted by Gasteiger charge is 2.38. The van der Waals surface area contributed by atoms with Gasteiger partial charge in [0.25, 0.3) is 5.91 Å². The van der Waals surface area contributed by atoms with Gasteiger partial charge in [-0.15, -0.1) is 11.8 Å². The molecule has 0 aliphatic carbocycles. The maximum absolute atomic E-state index is 12.5. The van der Waals surface area contributed by atoms with Crippen molar-refractivity contribution in [2.24, 2.45) is 5.92 Å². The Bertz CT molecular complexity index is 1830. The van der Waals surface area contributed by atoms with Gasteiger partial charge >= 0.3 is 5.97 Å². The summed E-state index contributed by atoms with van der Waals surface area (Å²) in [5.74, 6) is -0.446. The summed E-state index contributed by atoms with van der Waals surface area (Å²) in [5, 5.41) is 21.8. The predicted molar refractivity (Wildman–Crippen MR) is 184 cm³/mol. The van der Waals surface area contributed by atoms with Gasteiger partial charge in [-0.2, -0.15) is 0 Å². The number of thioether (sulfide) groups is 1. The Kier molecular flexibility index (Phi) is 10.6. The number of nitrogens with zero attached hydrogens (tertiary/aromatic N) is 1. The molecule has 0 unspecified atom stereocenters. The van der Waals surface area contributed by atoms with Crippen molar-refractivity contribution in [3.8, 4) is 11.1 Å². The van der Waals surface area contributed by atoms with E-state index in [1.807, 2.05) is 78.9 Å². The largest absolute Gasteiger partial charge is 0.478 e. The number of aliphatic hydroxyl groups excluding tert-OH is 1. The average molecular weight is 661 g/mol. The first-order valence-electron chi connectivity index (χ1n) is 15.7. The summed E-state index contributed by atoms with van der Waals surface area (Å²) in [6.45, 7) is 2.49. The molecule has 1 fully saturated rings. The molecule has 1 aliphatic heterocycles. The van der Waals surface area contributed by atoms with Crippen molar-refractivity contribution < 1.29 is 29.3 Å². The van der Waals surface area contributed by atoms with Crippen LogP contribution in [-0.4, -0.2) is 38.9 Å². The van der Waals surface area contributed by atoms with Crippen molar-refractivity contribution in [3.63, 3.8) is 0 Å². The minimum absolute atomic E-state index is 0.0210. The number of hydrogen-bond acceptors (Lipinski definition) is 7. The normalized spacial score (nSPS) is 19.0. The van der Waals surface area contributed by atoms with Crippen LogP contribution in [0, 0.1) is 5.92 Å². The van der Waals surface area contributed by atoms with Gasteiger partial charge in [0.15, 0.2) is 6.29 Å². The molecule has 9 heteroatoms. The molecule has 5 aromatic rings. The van der Waals surface area contributed by atoms with E-state index in [-0.39, 0.29) is 36.2 Å². The van der Waals surface area contributed by atoms with Crippen LogP contribution in [0.1, 0.15) is 62.3 Å². The number of benzene rings is 4. The van der Waals surface area contributed by atoms with Gasteiger partial charge in [0.1, 0.15) is 0 Å². The van der Waals surface area contributed by atoms with Crippen molar-refractivity contribution in [3.05, 3.63) is 155 Å². The number of aromatic nitrogens is 1. The highest BCUT2D eigenvalue weighted by molar-refractivity contribution is 7.99. The SMILES string of the molecule is C[C@@H]1[C@H](CSc2ccc(C(=O)O)cc2)O[C@H](c2ccc(-c3cccc(CNC(=O)c4cccnc4)c3)cc2)O[C@@H]1c1ccc(CO)cc1. The third kappa shape index (κ3) is 8.00. The minimum atomic E-state index is -0.949. The predicted octanol–water partition coefficient (Wildman–Crippen LogP) is 7.45. The van der Waals surface area contributed by atoms with Crippen LogP contribution in [0.5, 0.6) is 0 Å². The van der Waals surface area contributed by atoms with Crippen molar-refractivity contribution in [1.29, 1.82) is 0 Å². The molecule has 1 saturated heterocycles. The maximum atomic E-state index is 12.5. The molecular formula is C39H36N2O6S. The molecule has 4 atom stereocenters. The van der Waals surface area contributed by atoms with Crippen LogP contribution in [0.4, 0.5) is 0 Å². The number of ether oxygens (including phenoxy) is 2. The molecule has 8 nitrogen and oxygen atoms in total. The zero-order chi connectivity index (χ0) is 33.5. The van der Waals surface area contributed by atoms with E-state index in [9.17, 15) is 19.8 Å². The number of hydrogen-bond donors (Lipinski definition) is 3. The van der Waals surface area contributed by atoms with Crippen LogP contribution in [0.2, 0.25) is 0 Å². The van der Waals surface area contributed by atoms with E-state index in [4.69, 9.17) is 9.47 Å². The minimum Gasteiger partial charge on any atom is -0.478 e. The standard InChI is InChI=1S/C39H36N2O6S/c1-25-35(24-48-34-17-15-30(16-18-34)38(44)45)46-39(47-36(25)29-9-7-26(23-42)8-10-29)31-13-11-28(12-14-31)32-5-2-4-27(20-32)21-41-37(43)33-6-3-19-40-22-33/h2-20,22,25,35-36,39,42H,21,23-24H2,1H3,(H,41,43)(H,44,45)/t25-,35+,36+,39+/m1/s1. The fourth-order valence-corrected chi connectivity index (χ4v) is 6.72. The van der Waals surface area contributed by atoms with Gasteiger partial charge in [0, 0.05) is 41.1 Å². The van der Waals surface area contributed by atoms with Crippen molar-refractivity contribution in [2.45, 2.75) is 43.5 Å². The molecule has 1 aliphatic rings. The van der Waals surface area contributed by atoms with E-state index in [1.54, 1.807) is 48.4 Å². The molecule has 0 spiro atoms. The fourth-order valence-electron chi connectivity index (χ4n) is 5.66. The molecule has 1 amide bonds. The Morgan fingerprint density at radius 2 is 1.56 bits per heavy atom. The number of pyridine rings is 1. The number of carbonyl (C=O) groups is 2. The van der Waals surface area contributed by atoms with E-state index >= 15 is 0 Å². The number of carbonyl (C=O) groups excluding carboxylic acids is 1. The van der Waals surface area contributed by atoms with Crippen LogP contribution in [0.3, 0.4) is 0 Å². The molecule has 0 radical (unpaired) electrons. The van der Waals surface area contributed by atoms with Crippen LogP contribution < -0.4 is 5.32 Å². The van der Waals surface area contributed by atoms with Crippen molar-refractivity contribution >= 4 is 23.6 Å². The molecular weight excluding hydrogens is 625 g/mol. The Morgan fingerprint density at radius 3 is 2.25 bits per heavy atom. The second kappa shape index (κ2) is 15.4.